The zero-order chi connectivity index (χ0) is 19.7. The van der Waals surface area contributed by atoms with Crippen molar-refractivity contribution in [1.82, 2.24) is 5.32 Å². The van der Waals surface area contributed by atoms with Crippen LogP contribution in [0.25, 0.3) is 5.70 Å². The zero-order valence-electron chi connectivity index (χ0n) is 14.7. The van der Waals surface area contributed by atoms with Gasteiger partial charge in [-0.25, -0.2) is 4.39 Å². The molecule has 0 fully saturated rings. The van der Waals surface area contributed by atoms with Crippen molar-refractivity contribution < 1.29 is 14.8 Å². The Morgan fingerprint density at radius 3 is 2.57 bits per heavy atom. The van der Waals surface area contributed by atoms with Crippen LogP contribution in [0.5, 0.6) is 5.75 Å². The minimum absolute atomic E-state index is 0.155. The van der Waals surface area contributed by atoms with E-state index in [0.29, 0.717) is 5.02 Å². The molecule has 1 heterocycles. The molecule has 3 aromatic carbocycles. The molecule has 142 valence electrons. The lowest BCUT2D eigenvalue weighted by molar-refractivity contribution is -0.731. The molecule has 28 heavy (non-hydrogen) atoms. The smallest absolute Gasteiger partial charge is 0.186 e. The third-order valence-electron chi connectivity index (χ3n) is 4.77. The first kappa shape index (κ1) is 19.0. The van der Waals surface area contributed by atoms with Crippen LogP contribution in [0.1, 0.15) is 28.9 Å². The molecule has 0 aliphatic carbocycles. The summed E-state index contributed by atoms with van der Waals surface area (Å²) in [6.07, 6.45) is 1.84. The number of hydrogen-bond donors (Lipinski definition) is 3. The molecule has 4 N–H and O–H groups in total. The first-order valence-corrected chi connectivity index (χ1v) is 10.00. The molecule has 2 atom stereocenters. The minimum Gasteiger partial charge on any atom is -0.507 e. The summed E-state index contributed by atoms with van der Waals surface area (Å²) in [6.45, 7) is 0. The first-order chi connectivity index (χ1) is 13.5. The number of nitrogens with two attached hydrogens (primary N) is 1. The summed E-state index contributed by atoms with van der Waals surface area (Å²) < 4.78 is 14.7. The monoisotopic (exact) mass is 459 g/mol. The van der Waals surface area contributed by atoms with Crippen molar-refractivity contribution in [2.24, 2.45) is 0 Å². The Kier molecular flexibility index (Phi) is 5.40. The average Bonchev–Trinajstić information content (AvgIpc) is 2.70. The Morgan fingerprint density at radius 2 is 1.82 bits per heavy atom. The Morgan fingerprint density at radius 1 is 1.04 bits per heavy atom. The van der Waals surface area contributed by atoms with E-state index in [0.717, 1.165) is 26.9 Å². The van der Waals surface area contributed by atoms with E-state index in [1.165, 1.54) is 12.1 Å². The Bertz CT molecular complexity index is 1040. The van der Waals surface area contributed by atoms with Crippen molar-refractivity contribution in [2.75, 3.05) is 0 Å². The van der Waals surface area contributed by atoms with Gasteiger partial charge in [0.15, 0.2) is 6.17 Å². The molecule has 1 aliphatic heterocycles. The van der Waals surface area contributed by atoms with Gasteiger partial charge in [0.2, 0.25) is 0 Å². The molecular weight excluding hydrogens is 443 g/mol. The largest absolute Gasteiger partial charge is 0.507 e. The van der Waals surface area contributed by atoms with Gasteiger partial charge >= 0.3 is 0 Å². The molecule has 0 bridgehead atoms. The highest BCUT2D eigenvalue weighted by Crippen LogP contribution is 2.31. The third-order valence-corrected chi connectivity index (χ3v) is 5.51. The molecule has 0 spiro atoms. The van der Waals surface area contributed by atoms with Crippen molar-refractivity contribution in [1.29, 1.82) is 0 Å². The number of halogens is 3. The van der Waals surface area contributed by atoms with Gasteiger partial charge in [-0.2, -0.15) is 0 Å². The molecule has 1 aliphatic rings. The fourth-order valence-electron chi connectivity index (χ4n) is 3.40. The van der Waals surface area contributed by atoms with Crippen molar-refractivity contribution in [2.45, 2.75) is 12.2 Å². The number of phenols is 1. The van der Waals surface area contributed by atoms with Gasteiger partial charge < -0.3 is 15.7 Å². The molecule has 3 aromatic rings. The van der Waals surface area contributed by atoms with E-state index in [2.05, 4.69) is 32.6 Å². The molecule has 0 radical (unpaired) electrons. The van der Waals surface area contributed by atoms with Crippen LogP contribution in [-0.4, -0.2) is 5.11 Å². The van der Waals surface area contributed by atoms with Crippen LogP contribution in [0, 0.1) is 5.82 Å². The van der Waals surface area contributed by atoms with E-state index in [9.17, 15) is 9.50 Å². The lowest BCUT2D eigenvalue weighted by atomic mass is 9.98. The van der Waals surface area contributed by atoms with E-state index in [-0.39, 0.29) is 23.8 Å². The second kappa shape index (κ2) is 7.95. The fraction of sp³-hybridized carbons (Fsp3) is 0.0909. The van der Waals surface area contributed by atoms with Crippen molar-refractivity contribution in [3.63, 3.8) is 0 Å². The summed E-state index contributed by atoms with van der Waals surface area (Å²) in [7, 11) is 0. The number of aromatic hydroxyl groups is 1. The van der Waals surface area contributed by atoms with E-state index in [1.54, 1.807) is 18.2 Å². The average molecular weight is 461 g/mol. The van der Waals surface area contributed by atoms with Gasteiger partial charge in [-0.1, -0.05) is 51.8 Å². The van der Waals surface area contributed by atoms with Gasteiger partial charge in [0.05, 0.1) is 5.56 Å². The van der Waals surface area contributed by atoms with Gasteiger partial charge in [-0.05, 0) is 48.0 Å². The van der Waals surface area contributed by atoms with Crippen LogP contribution in [0.2, 0.25) is 5.02 Å². The molecular formula is C22H18BrClFN2O+. The summed E-state index contributed by atoms with van der Waals surface area (Å²) in [5.41, 5.74) is 3.47. The highest BCUT2D eigenvalue weighted by molar-refractivity contribution is 9.10. The Balaban J connectivity index is 1.78. The molecule has 0 saturated carbocycles. The maximum Gasteiger partial charge on any atom is 0.186 e. The number of rotatable bonds is 3. The first-order valence-electron chi connectivity index (χ1n) is 8.83. The quantitative estimate of drug-likeness (QED) is 0.521. The highest BCUT2D eigenvalue weighted by atomic mass is 79.9. The lowest BCUT2D eigenvalue weighted by Gasteiger charge is -2.30. The summed E-state index contributed by atoms with van der Waals surface area (Å²) >= 11 is 9.50. The molecule has 0 aromatic heterocycles. The van der Waals surface area contributed by atoms with Crippen molar-refractivity contribution in [3.05, 3.63) is 105 Å². The van der Waals surface area contributed by atoms with Gasteiger partial charge in [0, 0.05) is 26.8 Å². The second-order valence-electron chi connectivity index (χ2n) is 6.69. The third kappa shape index (κ3) is 4.07. The van der Waals surface area contributed by atoms with Crippen LogP contribution >= 0.6 is 27.5 Å². The zero-order valence-corrected chi connectivity index (χ0v) is 17.1. The summed E-state index contributed by atoms with van der Waals surface area (Å²) in [5.74, 6) is -0.0619. The fourth-order valence-corrected chi connectivity index (χ4v) is 3.90. The Hall–Kier alpha value is -2.34. The maximum absolute atomic E-state index is 13.8. The van der Waals surface area contributed by atoms with Gasteiger partial charge in [-0.3, -0.25) is 0 Å². The lowest BCUT2D eigenvalue weighted by Crippen LogP contribution is -2.89. The number of phenolic OH excluding ortho intramolecular Hbond substituents is 1. The molecule has 0 amide bonds. The SMILES string of the molecule is Oc1ccc(Br)cc1C1C=C(c2ccc(Cl)cc2)NC(c2cccc(F)c2)[NH2+]1. The number of benzene rings is 3. The molecule has 6 heteroatoms. The number of quaternary nitrogens is 1. The van der Waals surface area contributed by atoms with Crippen molar-refractivity contribution in [3.8, 4) is 5.75 Å². The Labute approximate surface area is 176 Å². The highest BCUT2D eigenvalue weighted by Gasteiger charge is 2.29. The maximum atomic E-state index is 13.8. The van der Waals surface area contributed by atoms with Crippen LogP contribution in [0.3, 0.4) is 0 Å². The van der Waals surface area contributed by atoms with E-state index in [4.69, 9.17) is 11.6 Å². The molecule has 0 saturated heterocycles. The standard InChI is InChI=1S/C22H17BrClFN2O/c23-15-6-9-21(28)18(11-15)20-12-19(13-4-7-16(24)8-5-13)26-22(27-20)14-2-1-3-17(25)10-14/h1-12,20,22,26-28H/p+1. The topological polar surface area (TPSA) is 48.9 Å². The van der Waals surface area contributed by atoms with Gasteiger partial charge in [-0.15, -0.1) is 0 Å². The van der Waals surface area contributed by atoms with E-state index >= 15 is 0 Å². The van der Waals surface area contributed by atoms with Crippen LogP contribution in [0.4, 0.5) is 4.39 Å². The summed E-state index contributed by atoms with van der Waals surface area (Å²) in [5, 5.41) is 16.6. The molecule has 2 unspecified atom stereocenters. The number of hydrogen-bond acceptors (Lipinski definition) is 2. The van der Waals surface area contributed by atoms with Crippen LogP contribution in [-0.2, 0) is 0 Å². The normalized spacial score (nSPS) is 19.0. The number of nitrogens with one attached hydrogen (secondary N) is 1. The molecule has 3 nitrogen and oxygen atoms in total. The van der Waals surface area contributed by atoms with Gasteiger partial charge in [0.1, 0.15) is 17.6 Å². The van der Waals surface area contributed by atoms with Crippen molar-refractivity contribution >= 4 is 33.2 Å². The van der Waals surface area contributed by atoms with Gasteiger partial charge in [0.25, 0.3) is 0 Å². The predicted molar refractivity (Wildman–Crippen MR) is 112 cm³/mol. The van der Waals surface area contributed by atoms with E-state index < -0.39 is 0 Å². The summed E-state index contributed by atoms with van der Waals surface area (Å²) in [6, 6.07) is 19.3. The predicted octanol–water partition coefficient (Wildman–Crippen LogP) is 4.89. The summed E-state index contributed by atoms with van der Waals surface area (Å²) in [4.78, 5) is 0. The minimum atomic E-state index is -0.280. The van der Waals surface area contributed by atoms with E-state index in [1.807, 2.05) is 36.4 Å². The second-order valence-corrected chi connectivity index (χ2v) is 8.04. The van der Waals surface area contributed by atoms with Crippen LogP contribution < -0.4 is 10.6 Å². The molecule has 4 rings (SSSR count). The van der Waals surface area contributed by atoms with Crippen LogP contribution in [0.15, 0.2) is 77.3 Å².